The van der Waals surface area contributed by atoms with Crippen molar-refractivity contribution < 1.29 is 14.6 Å². The third-order valence-corrected chi connectivity index (χ3v) is 2.48. The molecule has 0 fully saturated rings. The predicted octanol–water partition coefficient (Wildman–Crippen LogP) is 2.30. The molecule has 0 amide bonds. The molecular formula is C10H16O3S. The Balaban J connectivity index is 0.000000171. The molecule has 1 aromatic heterocycles. The van der Waals surface area contributed by atoms with Crippen molar-refractivity contribution in [3.05, 3.63) is 10.8 Å². The number of aliphatic hydroxyl groups excluding tert-OH is 1. The van der Waals surface area contributed by atoms with Gasteiger partial charge in [0, 0.05) is 10.8 Å². The Morgan fingerprint density at radius 2 is 1.79 bits per heavy atom. The Bertz CT molecular complexity index is 237. The minimum absolute atomic E-state index is 0.116. The molecule has 0 aliphatic carbocycles. The van der Waals surface area contributed by atoms with Crippen molar-refractivity contribution in [3.8, 4) is 11.5 Å². The molecule has 2 heterocycles. The van der Waals surface area contributed by atoms with Gasteiger partial charge in [-0.15, -0.1) is 11.3 Å². The average Bonchev–Trinajstić information content (AvgIpc) is 2.66. The number of thiophene rings is 1. The van der Waals surface area contributed by atoms with E-state index in [1.54, 1.807) is 18.3 Å². The van der Waals surface area contributed by atoms with Gasteiger partial charge in [0.15, 0.2) is 11.5 Å². The van der Waals surface area contributed by atoms with Gasteiger partial charge in [0.2, 0.25) is 0 Å². The molecule has 4 heteroatoms. The highest BCUT2D eigenvalue weighted by molar-refractivity contribution is 7.08. The Morgan fingerprint density at radius 3 is 2.14 bits per heavy atom. The van der Waals surface area contributed by atoms with Gasteiger partial charge in [0.25, 0.3) is 0 Å². The Kier molecular flexibility index (Phi) is 4.76. The smallest absolute Gasteiger partial charge is 0.172 e. The van der Waals surface area contributed by atoms with E-state index in [9.17, 15) is 0 Å². The molecule has 0 aromatic carbocycles. The first-order chi connectivity index (χ1) is 6.74. The number of rotatable bonds is 1. The summed E-state index contributed by atoms with van der Waals surface area (Å²) < 4.78 is 10.5. The standard InChI is InChI=1S/C6H6O2S.C4H10O/c1-2-8-6-4-9-3-5(6)7-1;1-3-4(2)5/h3-4H,1-2H2;4-5H,3H2,1-2H3. The summed E-state index contributed by atoms with van der Waals surface area (Å²) in [6.45, 7) is 5.10. The third-order valence-electron chi connectivity index (χ3n) is 1.78. The zero-order valence-electron chi connectivity index (χ0n) is 8.53. The first kappa shape index (κ1) is 11.3. The molecule has 0 bridgehead atoms. The lowest BCUT2D eigenvalue weighted by atomic mass is 10.3. The lowest BCUT2D eigenvalue weighted by molar-refractivity contribution is 0.173. The number of hydrogen-bond donors (Lipinski definition) is 1. The second-order valence-electron chi connectivity index (χ2n) is 3.05. The van der Waals surface area contributed by atoms with E-state index >= 15 is 0 Å². The Hall–Kier alpha value is -0.740. The molecule has 0 radical (unpaired) electrons. The molecule has 2 rings (SSSR count). The lowest BCUT2D eigenvalue weighted by Crippen LogP contribution is -2.13. The first-order valence-electron chi connectivity index (χ1n) is 4.74. The molecule has 1 aliphatic heterocycles. The van der Waals surface area contributed by atoms with Crippen LogP contribution in [0.15, 0.2) is 10.8 Å². The van der Waals surface area contributed by atoms with Crippen molar-refractivity contribution in [1.29, 1.82) is 0 Å². The van der Waals surface area contributed by atoms with Crippen LogP contribution < -0.4 is 9.47 Å². The van der Waals surface area contributed by atoms with Gasteiger partial charge in [-0.3, -0.25) is 0 Å². The molecule has 1 atom stereocenters. The monoisotopic (exact) mass is 216 g/mol. The van der Waals surface area contributed by atoms with Crippen LogP contribution in [0, 0.1) is 0 Å². The van der Waals surface area contributed by atoms with E-state index in [-0.39, 0.29) is 6.10 Å². The molecule has 1 aromatic rings. The molecule has 0 saturated heterocycles. The van der Waals surface area contributed by atoms with Crippen LogP contribution in [0.5, 0.6) is 11.5 Å². The van der Waals surface area contributed by atoms with Crippen LogP contribution in [-0.2, 0) is 0 Å². The Morgan fingerprint density at radius 1 is 1.36 bits per heavy atom. The number of aliphatic hydroxyl groups is 1. The fraction of sp³-hybridized carbons (Fsp3) is 0.600. The van der Waals surface area contributed by atoms with Gasteiger partial charge in [-0.2, -0.15) is 0 Å². The van der Waals surface area contributed by atoms with Crippen molar-refractivity contribution in [2.45, 2.75) is 26.4 Å². The number of fused-ring (bicyclic) bond motifs is 1. The highest BCUT2D eigenvalue weighted by Gasteiger charge is 2.10. The molecule has 14 heavy (non-hydrogen) atoms. The molecule has 0 saturated carbocycles. The minimum atomic E-state index is -0.116. The van der Waals surface area contributed by atoms with E-state index in [0.717, 1.165) is 17.9 Å². The predicted molar refractivity (Wildman–Crippen MR) is 57.3 cm³/mol. The van der Waals surface area contributed by atoms with Crippen LogP contribution in [0.25, 0.3) is 0 Å². The van der Waals surface area contributed by atoms with Gasteiger partial charge in [-0.25, -0.2) is 0 Å². The summed E-state index contributed by atoms with van der Waals surface area (Å²) in [5.41, 5.74) is 0. The molecular weight excluding hydrogens is 200 g/mol. The van der Waals surface area contributed by atoms with E-state index < -0.39 is 0 Å². The maximum absolute atomic E-state index is 8.36. The second kappa shape index (κ2) is 5.88. The van der Waals surface area contributed by atoms with Crippen molar-refractivity contribution in [1.82, 2.24) is 0 Å². The topological polar surface area (TPSA) is 38.7 Å². The van der Waals surface area contributed by atoms with Gasteiger partial charge in [0.05, 0.1) is 6.10 Å². The third kappa shape index (κ3) is 3.55. The van der Waals surface area contributed by atoms with E-state index in [0.29, 0.717) is 13.2 Å². The van der Waals surface area contributed by atoms with Crippen molar-refractivity contribution in [2.24, 2.45) is 0 Å². The van der Waals surface area contributed by atoms with Crippen molar-refractivity contribution in [3.63, 3.8) is 0 Å². The fourth-order valence-electron chi connectivity index (χ4n) is 0.787. The van der Waals surface area contributed by atoms with Gasteiger partial charge in [-0.1, -0.05) is 6.92 Å². The molecule has 3 nitrogen and oxygen atoms in total. The highest BCUT2D eigenvalue weighted by Crippen LogP contribution is 2.33. The zero-order valence-corrected chi connectivity index (χ0v) is 9.34. The van der Waals surface area contributed by atoms with Crippen LogP contribution in [0.1, 0.15) is 20.3 Å². The SMILES string of the molecule is CCC(C)O.c1scc2c1OCCO2. The summed E-state index contributed by atoms with van der Waals surface area (Å²) in [6.07, 6.45) is 0.745. The fourth-order valence-corrected chi connectivity index (χ4v) is 1.47. The quantitative estimate of drug-likeness (QED) is 0.782. The number of hydrogen-bond acceptors (Lipinski definition) is 4. The van der Waals surface area contributed by atoms with E-state index in [1.165, 1.54) is 0 Å². The highest BCUT2D eigenvalue weighted by atomic mass is 32.1. The molecule has 1 N–H and O–H groups in total. The molecule has 80 valence electrons. The van der Waals surface area contributed by atoms with Gasteiger partial charge in [0.1, 0.15) is 13.2 Å². The van der Waals surface area contributed by atoms with Crippen molar-refractivity contribution >= 4 is 11.3 Å². The first-order valence-corrected chi connectivity index (χ1v) is 5.68. The summed E-state index contributed by atoms with van der Waals surface area (Å²) in [6, 6.07) is 0. The summed E-state index contributed by atoms with van der Waals surface area (Å²) >= 11 is 1.61. The maximum atomic E-state index is 8.36. The minimum Gasteiger partial charge on any atom is -0.485 e. The van der Waals surface area contributed by atoms with Crippen LogP contribution in [0.4, 0.5) is 0 Å². The molecule has 1 aliphatic rings. The van der Waals surface area contributed by atoms with E-state index in [1.807, 2.05) is 17.7 Å². The summed E-state index contributed by atoms with van der Waals surface area (Å²) in [4.78, 5) is 0. The second-order valence-corrected chi connectivity index (χ2v) is 3.80. The van der Waals surface area contributed by atoms with Gasteiger partial charge in [-0.05, 0) is 13.3 Å². The van der Waals surface area contributed by atoms with Crippen LogP contribution in [-0.4, -0.2) is 24.4 Å². The van der Waals surface area contributed by atoms with Crippen LogP contribution in [0.3, 0.4) is 0 Å². The van der Waals surface area contributed by atoms with Crippen LogP contribution in [0.2, 0.25) is 0 Å². The Labute approximate surface area is 88.3 Å². The normalized spacial score (nSPS) is 15.4. The summed E-state index contributed by atoms with van der Waals surface area (Å²) in [7, 11) is 0. The van der Waals surface area contributed by atoms with Gasteiger partial charge < -0.3 is 14.6 Å². The lowest BCUT2D eigenvalue weighted by Gasteiger charge is -2.13. The molecule has 0 spiro atoms. The maximum Gasteiger partial charge on any atom is 0.172 e. The van der Waals surface area contributed by atoms with Gasteiger partial charge >= 0.3 is 0 Å². The summed E-state index contributed by atoms with van der Waals surface area (Å²) in [5.74, 6) is 1.79. The summed E-state index contributed by atoms with van der Waals surface area (Å²) in [5, 5.41) is 12.3. The zero-order chi connectivity index (χ0) is 10.4. The average molecular weight is 216 g/mol. The number of ether oxygens (including phenoxy) is 2. The molecule has 1 unspecified atom stereocenters. The van der Waals surface area contributed by atoms with E-state index in [4.69, 9.17) is 14.6 Å². The van der Waals surface area contributed by atoms with Crippen molar-refractivity contribution in [2.75, 3.05) is 13.2 Å². The van der Waals surface area contributed by atoms with E-state index in [2.05, 4.69) is 0 Å². The van der Waals surface area contributed by atoms with Crippen LogP contribution >= 0.6 is 11.3 Å². The largest absolute Gasteiger partial charge is 0.485 e.